The Morgan fingerprint density at radius 2 is 1.72 bits per heavy atom. The van der Waals surface area contributed by atoms with E-state index in [0.29, 0.717) is 35.7 Å². The van der Waals surface area contributed by atoms with Crippen molar-refractivity contribution >= 4 is 5.97 Å². The van der Waals surface area contributed by atoms with Crippen molar-refractivity contribution in [1.82, 2.24) is 0 Å². The minimum absolute atomic E-state index is 0.0339. The molecule has 1 fully saturated rings. The monoisotopic (exact) mass is 400 g/mol. The molecule has 2 aromatic rings. The highest BCUT2D eigenvalue weighted by atomic mass is 16.7. The molecule has 2 N–H and O–H groups in total. The predicted molar refractivity (Wildman–Crippen MR) is 98.9 cm³/mol. The lowest BCUT2D eigenvalue weighted by atomic mass is 9.67. The van der Waals surface area contributed by atoms with Crippen molar-refractivity contribution in [2.45, 2.75) is 12.3 Å². The van der Waals surface area contributed by atoms with E-state index in [4.69, 9.17) is 23.7 Å². The smallest absolute Gasteiger partial charge is 0.310 e. The lowest BCUT2D eigenvalue weighted by Crippen LogP contribution is -2.31. The summed E-state index contributed by atoms with van der Waals surface area (Å²) in [6, 6.07) is 5.18. The summed E-state index contributed by atoms with van der Waals surface area (Å²) >= 11 is 0. The Hall–Kier alpha value is -3.29. The van der Waals surface area contributed by atoms with Crippen LogP contribution in [0.4, 0.5) is 0 Å². The predicted octanol–water partition coefficient (Wildman–Crippen LogP) is 2.32. The number of hydrogen-bond acceptors (Lipinski definition) is 8. The Labute approximate surface area is 166 Å². The minimum atomic E-state index is -0.429. The van der Waals surface area contributed by atoms with Gasteiger partial charge < -0.3 is 33.9 Å². The summed E-state index contributed by atoms with van der Waals surface area (Å²) in [4.78, 5) is 12.6. The third kappa shape index (κ3) is 2.48. The van der Waals surface area contributed by atoms with E-state index in [-0.39, 0.29) is 41.7 Å². The molecule has 0 spiro atoms. The van der Waals surface area contributed by atoms with E-state index < -0.39 is 11.8 Å². The summed E-state index contributed by atoms with van der Waals surface area (Å²) in [6.07, 6.45) is 0.497. The Balaban J connectivity index is 1.75. The normalized spacial score (nSPS) is 23.9. The van der Waals surface area contributed by atoms with Crippen molar-refractivity contribution in [2.75, 3.05) is 27.6 Å². The Morgan fingerprint density at radius 1 is 1.00 bits per heavy atom. The highest BCUT2D eigenvalue weighted by molar-refractivity contribution is 5.79. The third-order valence-electron chi connectivity index (χ3n) is 6.02. The summed E-state index contributed by atoms with van der Waals surface area (Å²) in [5.74, 6) is -0.0708. The molecule has 0 aromatic heterocycles. The number of fused-ring (bicyclic) bond motifs is 3. The van der Waals surface area contributed by atoms with Gasteiger partial charge in [0.25, 0.3) is 0 Å². The minimum Gasteiger partial charge on any atom is -0.504 e. The number of phenolic OH excluding ortho intramolecular Hbond substituents is 2. The second-order valence-corrected chi connectivity index (χ2v) is 7.40. The van der Waals surface area contributed by atoms with Gasteiger partial charge in [0.05, 0.1) is 26.7 Å². The van der Waals surface area contributed by atoms with E-state index in [0.717, 1.165) is 5.56 Å². The van der Waals surface area contributed by atoms with Crippen LogP contribution in [0.5, 0.6) is 34.5 Å². The van der Waals surface area contributed by atoms with Crippen LogP contribution in [0.15, 0.2) is 18.2 Å². The number of benzene rings is 2. The molecule has 3 atom stereocenters. The van der Waals surface area contributed by atoms with Gasteiger partial charge in [-0.25, -0.2) is 0 Å². The summed E-state index contributed by atoms with van der Waals surface area (Å²) in [5.41, 5.74) is 2.19. The van der Waals surface area contributed by atoms with Gasteiger partial charge in [-0.05, 0) is 35.7 Å². The summed E-state index contributed by atoms with van der Waals surface area (Å²) in [6.45, 7) is 0.325. The largest absolute Gasteiger partial charge is 0.504 e. The number of carbonyl (C=O) groups excluding carboxylic acids is 1. The number of cyclic esters (lactones) is 1. The van der Waals surface area contributed by atoms with Crippen molar-refractivity contribution in [2.24, 2.45) is 11.8 Å². The van der Waals surface area contributed by atoms with E-state index >= 15 is 0 Å². The van der Waals surface area contributed by atoms with E-state index in [1.807, 2.05) is 6.07 Å². The molecule has 8 nitrogen and oxygen atoms in total. The standard InChI is InChI=1S/C21H20O8/c1-25-13-4-9(5-14(26-2)19(13)23)16-11-6-15-20(29-8-28-15)18(22)12(11)3-10-7-27-21(24)17(10)16/h4-6,10,16-17,22-23H,3,7-8H2,1-2H3/t10-,16+,17-/m0/s1. The van der Waals surface area contributed by atoms with Gasteiger partial charge >= 0.3 is 5.97 Å². The molecule has 2 heterocycles. The molecule has 29 heavy (non-hydrogen) atoms. The molecule has 3 aliphatic rings. The first-order valence-electron chi connectivity index (χ1n) is 9.29. The van der Waals surface area contributed by atoms with E-state index in [1.165, 1.54) is 14.2 Å². The molecule has 0 bridgehead atoms. The second-order valence-electron chi connectivity index (χ2n) is 7.40. The number of carbonyl (C=O) groups is 1. The average Bonchev–Trinajstić information content (AvgIpc) is 3.34. The van der Waals surface area contributed by atoms with Crippen molar-refractivity contribution < 1.29 is 38.7 Å². The lowest BCUT2D eigenvalue weighted by molar-refractivity contribution is -0.141. The van der Waals surface area contributed by atoms with Crippen LogP contribution >= 0.6 is 0 Å². The maximum Gasteiger partial charge on any atom is 0.310 e. The summed E-state index contributed by atoms with van der Waals surface area (Å²) in [5, 5.41) is 21.1. The molecule has 2 aromatic carbocycles. The molecule has 0 amide bonds. The fourth-order valence-electron chi connectivity index (χ4n) is 4.69. The molecule has 8 heteroatoms. The van der Waals surface area contributed by atoms with E-state index in [1.54, 1.807) is 12.1 Å². The van der Waals surface area contributed by atoms with Gasteiger partial charge in [0, 0.05) is 17.4 Å². The Morgan fingerprint density at radius 3 is 2.41 bits per heavy atom. The second kappa shape index (κ2) is 6.37. The molecule has 2 aliphatic heterocycles. The van der Waals surface area contributed by atoms with Crippen LogP contribution in [0, 0.1) is 11.8 Å². The highest BCUT2D eigenvalue weighted by Crippen LogP contribution is 2.55. The quantitative estimate of drug-likeness (QED) is 0.757. The first kappa shape index (κ1) is 17.8. The first-order valence-corrected chi connectivity index (χ1v) is 9.29. The maximum absolute atomic E-state index is 12.6. The summed E-state index contributed by atoms with van der Waals surface area (Å²) < 4.78 is 26.9. The third-order valence-corrected chi connectivity index (χ3v) is 6.02. The zero-order valence-corrected chi connectivity index (χ0v) is 15.9. The summed E-state index contributed by atoms with van der Waals surface area (Å²) in [7, 11) is 2.90. The fraction of sp³-hybridized carbons (Fsp3) is 0.381. The number of ether oxygens (including phenoxy) is 5. The van der Waals surface area contributed by atoms with Gasteiger partial charge in [-0.3, -0.25) is 4.79 Å². The van der Waals surface area contributed by atoms with Crippen LogP contribution in [-0.4, -0.2) is 43.8 Å². The van der Waals surface area contributed by atoms with Gasteiger partial charge in [-0.15, -0.1) is 0 Å². The van der Waals surface area contributed by atoms with Gasteiger partial charge in [-0.2, -0.15) is 0 Å². The SMILES string of the molecule is COc1cc([C@@H]2c3cc4c(c(O)c3C[C@H]3COC(=O)[C@@H]32)OCO4)cc(OC)c1O. The lowest BCUT2D eigenvalue weighted by Gasteiger charge is -2.34. The Bertz CT molecular complexity index is 989. The molecule has 0 saturated carbocycles. The molecule has 5 rings (SSSR count). The van der Waals surface area contributed by atoms with Crippen molar-refractivity contribution in [1.29, 1.82) is 0 Å². The van der Waals surface area contributed by atoms with Crippen LogP contribution < -0.4 is 18.9 Å². The number of phenols is 2. The van der Waals surface area contributed by atoms with Crippen molar-refractivity contribution in [3.8, 4) is 34.5 Å². The van der Waals surface area contributed by atoms with Gasteiger partial charge in [0.15, 0.2) is 23.0 Å². The topological polar surface area (TPSA) is 104 Å². The number of aromatic hydroxyl groups is 2. The highest BCUT2D eigenvalue weighted by Gasteiger charge is 2.49. The van der Waals surface area contributed by atoms with Crippen LogP contribution in [0.25, 0.3) is 0 Å². The molecule has 1 saturated heterocycles. The van der Waals surface area contributed by atoms with E-state index in [2.05, 4.69) is 0 Å². The van der Waals surface area contributed by atoms with Crippen LogP contribution in [0.1, 0.15) is 22.6 Å². The van der Waals surface area contributed by atoms with Gasteiger partial charge in [0.1, 0.15) is 0 Å². The number of hydrogen-bond donors (Lipinski definition) is 2. The maximum atomic E-state index is 12.6. The zero-order valence-electron chi connectivity index (χ0n) is 15.9. The van der Waals surface area contributed by atoms with Gasteiger partial charge in [-0.1, -0.05) is 0 Å². The molecular formula is C21H20O8. The van der Waals surface area contributed by atoms with Gasteiger partial charge in [0.2, 0.25) is 18.3 Å². The fourth-order valence-corrected chi connectivity index (χ4v) is 4.69. The van der Waals surface area contributed by atoms with Crippen molar-refractivity contribution in [3.63, 3.8) is 0 Å². The first-order chi connectivity index (χ1) is 14.0. The number of rotatable bonds is 3. The molecule has 0 radical (unpaired) electrons. The van der Waals surface area contributed by atoms with Crippen LogP contribution in [0.3, 0.4) is 0 Å². The molecule has 1 aliphatic carbocycles. The Kier molecular flexibility index (Phi) is 3.90. The zero-order chi connectivity index (χ0) is 20.3. The van der Waals surface area contributed by atoms with Crippen LogP contribution in [-0.2, 0) is 16.0 Å². The molecular weight excluding hydrogens is 380 g/mol. The average molecular weight is 400 g/mol. The molecule has 0 unspecified atom stereocenters. The van der Waals surface area contributed by atoms with Crippen LogP contribution in [0.2, 0.25) is 0 Å². The molecule has 152 valence electrons. The van der Waals surface area contributed by atoms with Crippen molar-refractivity contribution in [3.05, 3.63) is 34.9 Å². The number of methoxy groups -OCH3 is 2. The number of esters is 1. The van der Waals surface area contributed by atoms with E-state index in [9.17, 15) is 15.0 Å².